The van der Waals surface area contributed by atoms with Crippen LogP contribution in [0, 0.1) is 0 Å². The fourth-order valence-electron chi connectivity index (χ4n) is 4.28. The van der Waals surface area contributed by atoms with E-state index in [-0.39, 0.29) is 28.5 Å². The average molecular weight is 592 g/mol. The van der Waals surface area contributed by atoms with Gasteiger partial charge in [0.25, 0.3) is 0 Å². The van der Waals surface area contributed by atoms with Crippen molar-refractivity contribution in [2.45, 2.75) is 30.6 Å². The molecule has 0 radical (unpaired) electrons. The minimum Gasteiger partial charge on any atom is -0.508 e. The number of ether oxygens (including phenoxy) is 1. The van der Waals surface area contributed by atoms with Gasteiger partial charge in [0.05, 0.1) is 12.9 Å². The first-order valence-electron chi connectivity index (χ1n) is 11.7. The number of fused-ring (bicyclic) bond motifs is 2. The third kappa shape index (κ3) is 4.92. The van der Waals surface area contributed by atoms with Gasteiger partial charge in [-0.2, -0.15) is 0 Å². The third-order valence-electron chi connectivity index (χ3n) is 6.24. The molecule has 0 bridgehead atoms. The molecule has 0 saturated carbocycles. The van der Waals surface area contributed by atoms with Crippen LogP contribution in [0.5, 0.6) is 5.75 Å². The molecular weight excluding hydrogens is 571 g/mol. The number of benzene rings is 1. The molecule has 5 heterocycles. The molecule has 2 aliphatic heterocycles. The standard InChI is InChI=1S/C22H21N6O10PS/c23-18-15-19(25-7-24-18)28(8-26-15)21-17(31)16(30)14(37-21)5-35-39(33,34)38-22(32)11-6-40-20(27-11)13-3-9-1-2-10(29)4-12(9)36-13/h1-4,7-8,11,14,16-17,21,29-31H,5-6H2,(H,33,34)(H2,23,24,25)/t11?,14-,16-,17-,21-/m1/s1. The summed E-state index contributed by atoms with van der Waals surface area (Å²) >= 11 is 1.19. The number of carbonyl (C=O) groups is 1. The van der Waals surface area contributed by atoms with Crippen LogP contribution in [0.4, 0.5) is 5.82 Å². The first-order valence-corrected chi connectivity index (χ1v) is 14.2. The topological polar surface area (TPSA) is 238 Å². The number of hydrogen-bond donors (Lipinski definition) is 5. The van der Waals surface area contributed by atoms with Crippen molar-refractivity contribution in [2.24, 2.45) is 4.99 Å². The summed E-state index contributed by atoms with van der Waals surface area (Å²) in [5, 5.41) is 31.7. The van der Waals surface area contributed by atoms with E-state index in [0.717, 1.165) is 5.39 Å². The lowest BCUT2D eigenvalue weighted by Gasteiger charge is -2.18. The predicted octanol–water partition coefficient (Wildman–Crippen LogP) is 0.702. The van der Waals surface area contributed by atoms with Gasteiger partial charge in [-0.3, -0.25) is 19.0 Å². The van der Waals surface area contributed by atoms with Gasteiger partial charge in [-0.25, -0.2) is 24.3 Å². The Balaban J connectivity index is 1.08. The molecule has 4 aromatic rings. The van der Waals surface area contributed by atoms with Crippen molar-refractivity contribution < 1.29 is 47.8 Å². The Kier molecular flexibility index (Phi) is 6.74. The van der Waals surface area contributed by atoms with Gasteiger partial charge < -0.3 is 34.7 Å². The van der Waals surface area contributed by atoms with E-state index in [9.17, 15) is 29.6 Å². The monoisotopic (exact) mass is 592 g/mol. The van der Waals surface area contributed by atoms with Crippen molar-refractivity contribution >= 4 is 58.5 Å². The molecular formula is C22H21N6O10PS. The number of phosphoric acid groups is 1. The number of carbonyl (C=O) groups excluding carboxylic acids is 1. The minimum absolute atomic E-state index is 0.0325. The number of hydrogen-bond acceptors (Lipinski definition) is 15. The number of aromatic nitrogens is 4. The molecule has 210 valence electrons. The summed E-state index contributed by atoms with van der Waals surface area (Å²) in [6, 6.07) is 5.20. The number of phosphoric ester groups is 1. The van der Waals surface area contributed by atoms with Crippen molar-refractivity contribution in [3.63, 3.8) is 0 Å². The average Bonchev–Trinajstić information content (AvgIpc) is 3.69. The summed E-state index contributed by atoms with van der Waals surface area (Å²) in [5.74, 6) is -0.471. The number of imidazole rings is 1. The van der Waals surface area contributed by atoms with Crippen LogP contribution in [0.1, 0.15) is 12.0 Å². The van der Waals surface area contributed by atoms with Gasteiger partial charge >= 0.3 is 13.8 Å². The van der Waals surface area contributed by atoms with Crippen LogP contribution < -0.4 is 5.73 Å². The van der Waals surface area contributed by atoms with Gasteiger partial charge in [0.15, 0.2) is 29.5 Å². The number of nitrogens with two attached hydrogens (primary N) is 1. The molecule has 2 aliphatic rings. The number of thioether (sulfide) groups is 1. The summed E-state index contributed by atoms with van der Waals surface area (Å²) < 4.78 is 34.7. The molecule has 0 amide bonds. The Morgan fingerprint density at radius 2 is 2.05 bits per heavy atom. The van der Waals surface area contributed by atoms with E-state index in [2.05, 4.69) is 19.9 Å². The normalized spacial score (nSPS) is 26.3. The minimum atomic E-state index is -4.95. The van der Waals surface area contributed by atoms with Gasteiger partial charge in [0, 0.05) is 17.2 Å². The summed E-state index contributed by atoms with van der Waals surface area (Å²) in [6.07, 6.45) is -2.95. The van der Waals surface area contributed by atoms with Crippen molar-refractivity contribution in [1.29, 1.82) is 0 Å². The maximum Gasteiger partial charge on any atom is 0.529 e. The van der Waals surface area contributed by atoms with Gasteiger partial charge in [0.2, 0.25) is 0 Å². The second-order valence-corrected chi connectivity index (χ2v) is 11.3. The molecule has 6 N–H and O–H groups in total. The highest BCUT2D eigenvalue weighted by Crippen LogP contribution is 2.45. The van der Waals surface area contributed by atoms with Crippen molar-refractivity contribution in [3.8, 4) is 5.75 Å². The number of anilines is 1. The van der Waals surface area contributed by atoms with Crippen LogP contribution in [0.2, 0.25) is 0 Å². The molecule has 18 heteroatoms. The Labute approximate surface area is 228 Å². The molecule has 6 atom stereocenters. The summed E-state index contributed by atoms with van der Waals surface area (Å²) in [4.78, 5) is 38.9. The quantitative estimate of drug-likeness (QED) is 0.186. The molecule has 6 rings (SSSR count). The van der Waals surface area contributed by atoms with Gasteiger partial charge in [-0.15, -0.1) is 11.8 Å². The molecule has 0 spiro atoms. The number of phenols is 1. The molecule has 40 heavy (non-hydrogen) atoms. The number of aromatic hydroxyl groups is 1. The van der Waals surface area contributed by atoms with E-state index in [1.165, 1.54) is 41.1 Å². The predicted molar refractivity (Wildman–Crippen MR) is 138 cm³/mol. The number of aliphatic imine (C=N–C) groups is 1. The Hall–Kier alpha value is -3.57. The second kappa shape index (κ2) is 10.1. The molecule has 3 aromatic heterocycles. The number of rotatable bonds is 7. The summed E-state index contributed by atoms with van der Waals surface area (Å²) in [5.41, 5.74) is 6.70. The highest BCUT2D eigenvalue weighted by Gasteiger charge is 2.46. The van der Waals surface area contributed by atoms with E-state index in [0.29, 0.717) is 16.4 Å². The molecule has 1 aromatic carbocycles. The maximum atomic E-state index is 12.6. The molecule has 0 aliphatic carbocycles. The first-order chi connectivity index (χ1) is 19.1. The van der Waals surface area contributed by atoms with Crippen LogP contribution in [0.3, 0.4) is 0 Å². The van der Waals surface area contributed by atoms with Crippen LogP contribution in [-0.4, -0.2) is 87.5 Å². The highest BCUT2D eigenvalue weighted by atomic mass is 32.2. The smallest absolute Gasteiger partial charge is 0.508 e. The molecule has 16 nitrogen and oxygen atoms in total. The lowest BCUT2D eigenvalue weighted by atomic mass is 10.1. The van der Waals surface area contributed by atoms with Gasteiger partial charge in [0.1, 0.15) is 46.5 Å². The van der Waals surface area contributed by atoms with Crippen LogP contribution in [0.15, 0.2) is 46.3 Å². The number of aliphatic hydroxyl groups is 2. The number of aliphatic hydroxyl groups excluding tert-OH is 2. The fraction of sp³-hybridized carbons (Fsp3) is 0.318. The van der Waals surface area contributed by atoms with Crippen LogP contribution >= 0.6 is 19.6 Å². The first kappa shape index (κ1) is 26.6. The van der Waals surface area contributed by atoms with Crippen molar-refractivity contribution in [3.05, 3.63) is 42.7 Å². The fourth-order valence-corrected chi connectivity index (χ4v) is 5.98. The lowest BCUT2D eigenvalue weighted by Crippen LogP contribution is -2.33. The van der Waals surface area contributed by atoms with E-state index in [1.54, 1.807) is 12.1 Å². The van der Waals surface area contributed by atoms with Crippen LogP contribution in [-0.2, 0) is 23.1 Å². The molecule has 1 saturated heterocycles. The van der Waals surface area contributed by atoms with Crippen LogP contribution in [0.25, 0.3) is 22.1 Å². The number of phenolic OH excluding ortho intramolecular Hbond substituents is 1. The maximum absolute atomic E-state index is 12.6. The number of nitrogens with zero attached hydrogens (tertiary/aromatic N) is 5. The Morgan fingerprint density at radius 3 is 2.88 bits per heavy atom. The number of nitrogen functional groups attached to an aromatic ring is 1. The number of furan rings is 1. The van der Waals surface area contributed by atoms with E-state index >= 15 is 0 Å². The SMILES string of the molecule is Nc1ncnc2c1ncn2[C@@H]1O[C@H](COP(=O)(O)OC(=O)C2CSC(c3cc4ccc(O)cc4o3)=N2)[C@@H](O)[C@H]1O. The van der Waals surface area contributed by atoms with E-state index in [1.807, 2.05) is 0 Å². The summed E-state index contributed by atoms with van der Waals surface area (Å²) in [6.45, 7) is -0.695. The third-order valence-corrected chi connectivity index (χ3v) is 8.19. The Bertz CT molecular complexity index is 1690. The van der Waals surface area contributed by atoms with Crippen molar-refractivity contribution in [1.82, 2.24) is 19.5 Å². The zero-order valence-electron chi connectivity index (χ0n) is 20.2. The molecule has 2 unspecified atom stereocenters. The zero-order valence-corrected chi connectivity index (χ0v) is 21.9. The zero-order chi connectivity index (χ0) is 28.2. The van der Waals surface area contributed by atoms with Gasteiger partial charge in [-0.05, 0) is 18.2 Å². The largest absolute Gasteiger partial charge is 0.529 e. The molecule has 1 fully saturated rings. The van der Waals surface area contributed by atoms with Gasteiger partial charge in [-0.1, -0.05) is 0 Å². The second-order valence-electron chi connectivity index (χ2n) is 8.90. The van der Waals surface area contributed by atoms with E-state index in [4.69, 9.17) is 23.9 Å². The lowest BCUT2D eigenvalue weighted by molar-refractivity contribution is -0.137. The highest BCUT2D eigenvalue weighted by molar-refractivity contribution is 8.14. The Morgan fingerprint density at radius 1 is 1.23 bits per heavy atom. The summed E-state index contributed by atoms with van der Waals surface area (Å²) in [7, 11) is -4.95. The van der Waals surface area contributed by atoms with Crippen molar-refractivity contribution in [2.75, 3.05) is 18.1 Å². The van der Waals surface area contributed by atoms with E-state index < -0.39 is 51.0 Å².